The number of nitrogens with zero attached hydrogens (tertiary/aromatic N) is 9. The van der Waals surface area contributed by atoms with Crippen LogP contribution in [0.5, 0.6) is 0 Å². The number of halogens is 1. The molecule has 7 aliphatic heterocycles. The van der Waals surface area contributed by atoms with Crippen LogP contribution in [-0.4, -0.2) is 158 Å². The number of carbonyl (C=O) groups excluding carboxylic acids is 8. The maximum atomic E-state index is 16.0. The Hall–Kier alpha value is -8.07. The first-order valence-electron chi connectivity index (χ1n) is 31.0. The van der Waals surface area contributed by atoms with Crippen molar-refractivity contribution in [1.29, 1.82) is 0 Å². The number of nitrogens with one attached hydrogen (secondary N) is 3. The Morgan fingerprint density at radius 1 is 0.756 bits per heavy atom. The third-order valence-electron chi connectivity index (χ3n) is 19.8. The summed E-state index contributed by atoms with van der Waals surface area (Å²) in [5.41, 5.74) is 5.62. The fourth-order valence-corrected chi connectivity index (χ4v) is 15.0. The minimum Gasteiger partial charge on any atom is -0.371 e. The van der Waals surface area contributed by atoms with Gasteiger partial charge < -0.3 is 39.7 Å². The first-order valence-corrected chi connectivity index (χ1v) is 31.0. The van der Waals surface area contributed by atoms with Crippen LogP contribution in [0.15, 0.2) is 60.9 Å². The monoisotopic (exact) mass is 1170 g/mol. The molecule has 0 bridgehead atoms. The molecule has 20 nitrogen and oxygen atoms in total. The van der Waals surface area contributed by atoms with Crippen molar-refractivity contribution in [2.45, 2.75) is 147 Å². The average molecular weight is 1170 g/mol. The van der Waals surface area contributed by atoms with Crippen LogP contribution in [0.3, 0.4) is 0 Å². The van der Waals surface area contributed by atoms with Crippen LogP contribution in [0.1, 0.15) is 153 Å². The van der Waals surface area contributed by atoms with E-state index in [-0.39, 0.29) is 83.2 Å². The zero-order chi connectivity index (χ0) is 60.0. The molecule has 21 heteroatoms. The van der Waals surface area contributed by atoms with E-state index in [1.54, 1.807) is 31.5 Å². The molecule has 5 saturated heterocycles. The summed E-state index contributed by atoms with van der Waals surface area (Å²) >= 11 is 0. The lowest BCUT2D eigenvalue weighted by atomic mass is 9.73. The quantitative estimate of drug-likeness (QED) is 0.104. The van der Waals surface area contributed by atoms with Crippen LogP contribution in [0.25, 0.3) is 22.3 Å². The second-order valence-electron chi connectivity index (χ2n) is 25.7. The molecule has 0 radical (unpaired) electrons. The summed E-state index contributed by atoms with van der Waals surface area (Å²) in [6.45, 7) is 14.2. The van der Waals surface area contributed by atoms with Gasteiger partial charge in [0.25, 0.3) is 17.7 Å². The molecular weight excluding hydrogens is 1100 g/mol. The van der Waals surface area contributed by atoms with Gasteiger partial charge in [-0.1, -0.05) is 24.6 Å². The van der Waals surface area contributed by atoms with Crippen molar-refractivity contribution in [3.63, 3.8) is 0 Å². The molecule has 3 aromatic carbocycles. The van der Waals surface area contributed by atoms with Gasteiger partial charge in [0.1, 0.15) is 17.4 Å². The Labute approximate surface area is 499 Å². The van der Waals surface area contributed by atoms with Crippen LogP contribution in [0.4, 0.5) is 27.3 Å². The third kappa shape index (κ3) is 9.86. The molecule has 2 unspecified atom stereocenters. The number of hydrogen-bond donors (Lipinski definition) is 3. The molecule has 1 aliphatic carbocycles. The van der Waals surface area contributed by atoms with E-state index >= 15 is 9.18 Å². The van der Waals surface area contributed by atoms with E-state index in [0.717, 1.165) is 47.6 Å². The minimum atomic E-state index is -1.07. The lowest BCUT2D eigenvalue weighted by molar-refractivity contribution is -0.140. The van der Waals surface area contributed by atoms with Crippen LogP contribution in [0, 0.1) is 24.6 Å². The molecule has 1 saturated carbocycles. The average Bonchev–Trinajstić information content (AvgIpc) is 1.61. The van der Waals surface area contributed by atoms with E-state index < -0.39 is 40.9 Å². The molecular formula is C65H75FN12O8. The summed E-state index contributed by atoms with van der Waals surface area (Å²) in [7, 11) is 0. The zero-order valence-corrected chi connectivity index (χ0v) is 49.6. The first-order chi connectivity index (χ1) is 41.4. The Morgan fingerprint density at radius 2 is 1.49 bits per heavy atom. The molecule has 8 aliphatic rings. The van der Waals surface area contributed by atoms with E-state index in [1.165, 1.54) is 31.4 Å². The molecule has 8 amide bonds. The summed E-state index contributed by atoms with van der Waals surface area (Å²) in [5, 5.41) is 8.44. The number of likely N-dealkylation sites (tertiary alicyclic amines) is 3. The van der Waals surface area contributed by atoms with Gasteiger partial charge in [0.2, 0.25) is 29.5 Å². The van der Waals surface area contributed by atoms with Crippen molar-refractivity contribution in [3.05, 3.63) is 94.6 Å². The van der Waals surface area contributed by atoms with Crippen LogP contribution in [-0.2, 0) is 29.4 Å². The van der Waals surface area contributed by atoms with Crippen molar-refractivity contribution in [3.8, 4) is 11.3 Å². The largest absolute Gasteiger partial charge is 0.371 e. The number of piperidine rings is 4. The van der Waals surface area contributed by atoms with Gasteiger partial charge >= 0.3 is 0 Å². The molecule has 2 aromatic heterocycles. The fourth-order valence-electron chi connectivity index (χ4n) is 15.0. The van der Waals surface area contributed by atoms with Crippen molar-refractivity contribution in [1.82, 2.24) is 44.8 Å². The number of anilines is 4. The van der Waals surface area contributed by atoms with Crippen molar-refractivity contribution in [2.24, 2.45) is 11.8 Å². The summed E-state index contributed by atoms with van der Waals surface area (Å²) in [6.07, 6.45) is 9.71. The highest BCUT2D eigenvalue weighted by atomic mass is 19.1. The Bertz CT molecular complexity index is 3650. The molecule has 5 aromatic rings. The standard InChI is InChI=1S/C65H75FN12O8/c1-36(2)68-58(80)45-32-49(47(66)28-38(45)5)70-57-56-50(67-35-76(56)37(3)4)33-48(69-57)40-12-13-46-53(29-40)77(43-30-42(31-43)72-21-7-6-8-22-72)64(86)65(46)19-26-74(27-20-65)61(83)41-18-25-75(34-41)60(82)39-16-23-73(24-17-39)51-11-9-10-44-55(51)63(85)78(62(44)84)52-14-15-54(79)71-59(52)81/h9-13,28-29,32-33,35-37,39,41-43,52H,6-8,14-27,30-31,34H2,1-5H3,(H,68,80)(H,69,70)(H,71,79,81)/t41?,42-,43+,52?. The number of fused-ring (bicyclic) bond motifs is 4. The van der Waals surface area contributed by atoms with Crippen molar-refractivity contribution >= 4 is 81.2 Å². The van der Waals surface area contributed by atoms with Gasteiger partial charge in [0.15, 0.2) is 5.82 Å². The number of aromatic nitrogens is 3. The predicted octanol–water partition coefficient (Wildman–Crippen LogP) is 7.40. The molecule has 13 rings (SSSR count). The normalized spacial score (nSPS) is 23.4. The second-order valence-corrected chi connectivity index (χ2v) is 25.7. The van der Waals surface area contributed by atoms with Crippen LogP contribution < -0.4 is 25.8 Å². The Morgan fingerprint density at radius 3 is 2.21 bits per heavy atom. The van der Waals surface area contributed by atoms with E-state index in [0.29, 0.717) is 117 Å². The minimum absolute atomic E-state index is 0.000984. The van der Waals surface area contributed by atoms with E-state index in [4.69, 9.17) is 9.97 Å². The maximum absolute atomic E-state index is 16.0. The highest BCUT2D eigenvalue weighted by Crippen LogP contribution is 2.53. The zero-order valence-electron chi connectivity index (χ0n) is 49.6. The molecule has 9 heterocycles. The van der Waals surface area contributed by atoms with Gasteiger partial charge in [-0.25, -0.2) is 14.4 Å². The second kappa shape index (κ2) is 22.3. The summed E-state index contributed by atoms with van der Waals surface area (Å²) in [6, 6.07) is 15.3. The van der Waals surface area contributed by atoms with E-state index in [2.05, 4.69) is 37.9 Å². The molecule has 3 N–H and O–H groups in total. The van der Waals surface area contributed by atoms with E-state index in [1.807, 2.05) is 59.1 Å². The molecule has 6 fully saturated rings. The number of imidazole rings is 1. The molecule has 86 heavy (non-hydrogen) atoms. The third-order valence-corrected chi connectivity index (χ3v) is 19.8. The van der Waals surface area contributed by atoms with Gasteiger partial charge in [0, 0.05) is 92.6 Å². The van der Waals surface area contributed by atoms with Gasteiger partial charge in [-0.2, -0.15) is 0 Å². The fraction of sp³-hybridized carbons (Fsp3) is 0.508. The topological polar surface area (TPSA) is 223 Å². The summed E-state index contributed by atoms with van der Waals surface area (Å²) in [4.78, 5) is 131. The van der Waals surface area contributed by atoms with Gasteiger partial charge in [-0.05, 0) is 159 Å². The van der Waals surface area contributed by atoms with Crippen LogP contribution in [0.2, 0.25) is 0 Å². The van der Waals surface area contributed by atoms with E-state index in [9.17, 15) is 33.6 Å². The lowest BCUT2D eigenvalue weighted by Gasteiger charge is -2.48. The number of aryl methyl sites for hydroxylation is 1. The SMILES string of the molecule is Cc1cc(F)c(Nc2nc(-c3ccc4c(c3)N([C@H]3C[C@@H](N5CCCCC5)C3)C(=O)C43CCN(C(=O)C4CCN(C(=O)C5CCN(c6cccc7c6C(=O)N(C6CCC(=O)NC6=O)C7=O)CC5)C4)CC3)cc3ncn(C(C)C)c23)cc1C(=O)NC(C)C. The molecule has 450 valence electrons. The summed E-state index contributed by atoms with van der Waals surface area (Å²) in [5.74, 6) is -3.26. The smallest absolute Gasteiger partial charge is 0.264 e. The number of hydrogen-bond acceptors (Lipinski definition) is 13. The van der Waals surface area contributed by atoms with Crippen molar-refractivity contribution < 1.29 is 42.7 Å². The van der Waals surface area contributed by atoms with Gasteiger partial charge in [0.05, 0.1) is 51.4 Å². The Kier molecular flexibility index (Phi) is 14.8. The number of benzene rings is 3. The lowest BCUT2D eigenvalue weighted by Crippen LogP contribution is -2.58. The number of rotatable bonds is 12. The molecule has 1 spiro atoms. The Balaban J connectivity index is 0.706. The summed E-state index contributed by atoms with van der Waals surface area (Å²) < 4.78 is 18.0. The van der Waals surface area contributed by atoms with Gasteiger partial charge in [-0.15, -0.1) is 0 Å². The molecule has 2 atom stereocenters. The maximum Gasteiger partial charge on any atom is 0.264 e. The number of imide groups is 2. The first kappa shape index (κ1) is 57.0. The highest BCUT2D eigenvalue weighted by molar-refractivity contribution is 6.25. The van der Waals surface area contributed by atoms with Crippen molar-refractivity contribution in [2.75, 3.05) is 67.5 Å². The van der Waals surface area contributed by atoms with Gasteiger partial charge in [-0.3, -0.25) is 48.6 Å². The highest BCUT2D eigenvalue weighted by Gasteiger charge is 2.56. The number of amides is 8. The predicted molar refractivity (Wildman–Crippen MR) is 320 cm³/mol. The van der Waals surface area contributed by atoms with Crippen LogP contribution >= 0.6 is 0 Å². The number of carbonyl (C=O) groups is 8. The number of pyridine rings is 1.